The monoisotopic (exact) mass is 289 g/mol. The van der Waals surface area contributed by atoms with E-state index in [1.54, 1.807) is 0 Å². The third kappa shape index (κ3) is 3.95. The van der Waals surface area contributed by atoms with Gasteiger partial charge >= 0.3 is 5.97 Å². The largest absolute Gasteiger partial charge is 0.480 e. The summed E-state index contributed by atoms with van der Waals surface area (Å²) in [5.74, 6) is -0.729. The van der Waals surface area contributed by atoms with Crippen LogP contribution in [0.2, 0.25) is 0 Å². The minimum Gasteiger partial charge on any atom is -0.480 e. The molecule has 21 heavy (non-hydrogen) atoms. The fraction of sp³-hybridized carbons (Fsp3) is 0.562. The lowest BCUT2D eigenvalue weighted by atomic mass is 10.2. The van der Waals surface area contributed by atoms with Gasteiger partial charge in [-0.3, -0.25) is 9.69 Å². The van der Waals surface area contributed by atoms with E-state index in [-0.39, 0.29) is 0 Å². The van der Waals surface area contributed by atoms with Gasteiger partial charge < -0.3 is 15.3 Å². The number of hydrogen-bond donors (Lipinski definition) is 2. The molecule has 114 valence electrons. The first-order chi connectivity index (χ1) is 10.2. The summed E-state index contributed by atoms with van der Waals surface area (Å²) in [6, 6.07) is 10.4. The average Bonchev–Trinajstić information content (AvgIpc) is 3.32. The van der Waals surface area contributed by atoms with Crippen LogP contribution in [0.3, 0.4) is 0 Å². The van der Waals surface area contributed by atoms with Crippen LogP contribution in [0.4, 0.5) is 5.69 Å². The summed E-state index contributed by atoms with van der Waals surface area (Å²) >= 11 is 0. The molecular weight excluding hydrogens is 266 g/mol. The van der Waals surface area contributed by atoms with Crippen molar-refractivity contribution in [1.82, 2.24) is 10.2 Å². The summed E-state index contributed by atoms with van der Waals surface area (Å²) in [4.78, 5) is 15.9. The van der Waals surface area contributed by atoms with Crippen molar-refractivity contribution in [3.05, 3.63) is 30.3 Å². The standard InChI is InChI=1S/C16H23N3O2/c20-16(21)15(17-13-6-7-13)12-18-8-10-19(11-9-18)14-4-2-1-3-5-14/h1-5,13,15,17H,6-12H2,(H,20,21). The minimum atomic E-state index is -0.729. The normalized spacial score (nSPS) is 21.2. The molecule has 2 N–H and O–H groups in total. The zero-order valence-corrected chi connectivity index (χ0v) is 12.2. The van der Waals surface area contributed by atoms with Crippen LogP contribution >= 0.6 is 0 Å². The van der Waals surface area contributed by atoms with Gasteiger partial charge in [0.2, 0.25) is 0 Å². The lowest BCUT2D eigenvalue weighted by Crippen LogP contribution is -2.53. The van der Waals surface area contributed by atoms with Crippen LogP contribution in [0.25, 0.3) is 0 Å². The number of nitrogens with zero attached hydrogens (tertiary/aromatic N) is 2. The van der Waals surface area contributed by atoms with E-state index >= 15 is 0 Å². The zero-order valence-electron chi connectivity index (χ0n) is 12.2. The van der Waals surface area contributed by atoms with Crippen LogP contribution in [0.5, 0.6) is 0 Å². The van der Waals surface area contributed by atoms with Crippen molar-refractivity contribution >= 4 is 11.7 Å². The Kier molecular flexibility index (Phi) is 4.41. The smallest absolute Gasteiger partial charge is 0.322 e. The number of rotatable bonds is 6. The van der Waals surface area contributed by atoms with Crippen LogP contribution in [0.15, 0.2) is 30.3 Å². The molecule has 1 heterocycles. The number of para-hydroxylation sites is 1. The van der Waals surface area contributed by atoms with Crippen molar-refractivity contribution in [2.75, 3.05) is 37.6 Å². The molecule has 0 aromatic heterocycles. The number of carbonyl (C=O) groups is 1. The van der Waals surface area contributed by atoms with Gasteiger partial charge in [-0.1, -0.05) is 18.2 Å². The number of piperazine rings is 1. The first-order valence-corrected chi connectivity index (χ1v) is 7.73. The molecule has 2 fully saturated rings. The van der Waals surface area contributed by atoms with Gasteiger partial charge in [-0.15, -0.1) is 0 Å². The number of hydrogen-bond acceptors (Lipinski definition) is 4. The van der Waals surface area contributed by atoms with Crippen LogP contribution in [0, 0.1) is 0 Å². The van der Waals surface area contributed by atoms with E-state index < -0.39 is 12.0 Å². The highest BCUT2D eigenvalue weighted by molar-refractivity contribution is 5.73. The van der Waals surface area contributed by atoms with Gasteiger partial charge in [-0.2, -0.15) is 0 Å². The summed E-state index contributed by atoms with van der Waals surface area (Å²) < 4.78 is 0. The second-order valence-electron chi connectivity index (χ2n) is 5.95. The number of anilines is 1. The maximum absolute atomic E-state index is 11.3. The van der Waals surface area contributed by atoms with Crippen molar-refractivity contribution in [2.45, 2.75) is 24.9 Å². The molecule has 0 radical (unpaired) electrons. The van der Waals surface area contributed by atoms with E-state index in [4.69, 9.17) is 0 Å². The fourth-order valence-corrected chi connectivity index (χ4v) is 2.82. The Hall–Kier alpha value is -1.59. The summed E-state index contributed by atoms with van der Waals surface area (Å²) in [6.45, 7) is 4.37. The van der Waals surface area contributed by atoms with E-state index in [9.17, 15) is 9.90 Å². The first-order valence-electron chi connectivity index (χ1n) is 7.73. The molecule has 1 aliphatic heterocycles. The van der Waals surface area contributed by atoms with Gasteiger partial charge in [0.1, 0.15) is 6.04 Å². The van der Waals surface area contributed by atoms with E-state index in [0.29, 0.717) is 12.6 Å². The first kappa shape index (κ1) is 14.4. The fourth-order valence-electron chi connectivity index (χ4n) is 2.82. The van der Waals surface area contributed by atoms with Crippen LogP contribution < -0.4 is 10.2 Å². The van der Waals surface area contributed by atoms with Gasteiger partial charge in [0, 0.05) is 44.5 Å². The molecule has 2 aliphatic rings. The Balaban J connectivity index is 1.49. The van der Waals surface area contributed by atoms with Gasteiger partial charge in [0.25, 0.3) is 0 Å². The molecule has 3 rings (SSSR count). The number of carboxylic acid groups (broad SMARTS) is 1. The molecule has 1 aliphatic carbocycles. The topological polar surface area (TPSA) is 55.8 Å². The summed E-state index contributed by atoms with van der Waals surface area (Å²) in [7, 11) is 0. The number of aliphatic carboxylic acids is 1. The number of carboxylic acids is 1. The van der Waals surface area contributed by atoms with E-state index in [2.05, 4.69) is 39.4 Å². The maximum atomic E-state index is 11.3. The number of nitrogens with one attached hydrogen (secondary N) is 1. The highest BCUT2D eigenvalue weighted by Crippen LogP contribution is 2.20. The molecule has 0 amide bonds. The Morgan fingerprint density at radius 3 is 2.43 bits per heavy atom. The molecule has 0 spiro atoms. The Labute approximate surface area is 125 Å². The van der Waals surface area contributed by atoms with Gasteiger partial charge in [-0.05, 0) is 25.0 Å². The second kappa shape index (κ2) is 6.45. The minimum absolute atomic E-state index is 0.428. The van der Waals surface area contributed by atoms with Gasteiger partial charge in [0.15, 0.2) is 0 Å². The van der Waals surface area contributed by atoms with Crippen molar-refractivity contribution in [3.8, 4) is 0 Å². The summed E-state index contributed by atoms with van der Waals surface area (Å²) in [5, 5.41) is 12.5. The zero-order chi connectivity index (χ0) is 14.7. The van der Waals surface area contributed by atoms with E-state index in [1.807, 2.05) is 6.07 Å². The molecule has 1 saturated heterocycles. The van der Waals surface area contributed by atoms with Gasteiger partial charge in [-0.25, -0.2) is 0 Å². The predicted octanol–water partition coefficient (Wildman–Crippen LogP) is 1.01. The molecule has 1 atom stereocenters. The summed E-state index contributed by atoms with van der Waals surface area (Å²) in [5.41, 5.74) is 1.25. The Bertz CT molecular complexity index is 468. The molecule has 1 unspecified atom stereocenters. The predicted molar refractivity (Wildman–Crippen MR) is 82.7 cm³/mol. The highest BCUT2D eigenvalue weighted by Gasteiger charge is 2.30. The molecule has 5 heteroatoms. The quantitative estimate of drug-likeness (QED) is 0.819. The average molecular weight is 289 g/mol. The third-order valence-electron chi connectivity index (χ3n) is 4.25. The molecule has 1 aromatic rings. The van der Waals surface area contributed by atoms with Gasteiger partial charge in [0.05, 0.1) is 0 Å². The van der Waals surface area contributed by atoms with Crippen molar-refractivity contribution in [2.24, 2.45) is 0 Å². The Morgan fingerprint density at radius 2 is 1.86 bits per heavy atom. The summed E-state index contributed by atoms with van der Waals surface area (Å²) in [6.07, 6.45) is 2.23. The Morgan fingerprint density at radius 1 is 1.19 bits per heavy atom. The van der Waals surface area contributed by atoms with Crippen LogP contribution in [0.1, 0.15) is 12.8 Å². The molecule has 1 aromatic carbocycles. The van der Waals surface area contributed by atoms with Crippen LogP contribution in [-0.4, -0.2) is 60.8 Å². The van der Waals surface area contributed by atoms with E-state index in [0.717, 1.165) is 39.0 Å². The highest BCUT2D eigenvalue weighted by atomic mass is 16.4. The van der Waals surface area contributed by atoms with Crippen molar-refractivity contribution < 1.29 is 9.90 Å². The molecule has 0 bridgehead atoms. The lowest BCUT2D eigenvalue weighted by Gasteiger charge is -2.37. The van der Waals surface area contributed by atoms with Crippen molar-refractivity contribution in [1.29, 1.82) is 0 Å². The second-order valence-corrected chi connectivity index (χ2v) is 5.95. The number of benzene rings is 1. The molecule has 1 saturated carbocycles. The SMILES string of the molecule is O=C(O)C(CN1CCN(c2ccccc2)CC1)NC1CC1. The molecule has 5 nitrogen and oxygen atoms in total. The van der Waals surface area contributed by atoms with Crippen LogP contribution in [-0.2, 0) is 4.79 Å². The molecular formula is C16H23N3O2. The third-order valence-corrected chi connectivity index (χ3v) is 4.25. The lowest BCUT2D eigenvalue weighted by molar-refractivity contribution is -0.140. The maximum Gasteiger partial charge on any atom is 0.322 e. The van der Waals surface area contributed by atoms with Crippen molar-refractivity contribution in [3.63, 3.8) is 0 Å². The van der Waals surface area contributed by atoms with E-state index in [1.165, 1.54) is 5.69 Å².